The highest BCUT2D eigenvalue weighted by atomic mass is 32.2. The maximum absolute atomic E-state index is 13.3. The van der Waals surface area contributed by atoms with Crippen molar-refractivity contribution in [1.29, 1.82) is 0 Å². The molecule has 0 aliphatic heterocycles. The molecule has 37 heavy (non-hydrogen) atoms. The summed E-state index contributed by atoms with van der Waals surface area (Å²) >= 11 is 0. The van der Waals surface area contributed by atoms with Gasteiger partial charge in [-0.1, -0.05) is 50.2 Å². The van der Waals surface area contributed by atoms with E-state index >= 15 is 0 Å². The Labute approximate surface area is 216 Å². The Morgan fingerprint density at radius 3 is 2.27 bits per heavy atom. The Morgan fingerprint density at radius 1 is 1.03 bits per heavy atom. The van der Waals surface area contributed by atoms with Crippen LogP contribution in [0.5, 0.6) is 0 Å². The normalized spacial score (nSPS) is 12.6. The van der Waals surface area contributed by atoms with E-state index in [1.165, 1.54) is 11.0 Å². The zero-order valence-electron chi connectivity index (χ0n) is 21.3. The van der Waals surface area contributed by atoms with E-state index in [-0.39, 0.29) is 43.4 Å². The van der Waals surface area contributed by atoms with Gasteiger partial charge in [0.2, 0.25) is 21.8 Å². The quantitative estimate of drug-likeness (QED) is 0.402. The number of nitrogens with zero attached hydrogens (tertiary/aromatic N) is 2. The molecule has 11 heteroatoms. The zero-order chi connectivity index (χ0) is 27.6. The number of amides is 2. The Balaban J connectivity index is 2.22. The van der Waals surface area contributed by atoms with Crippen molar-refractivity contribution in [2.75, 3.05) is 23.7 Å². The predicted molar refractivity (Wildman–Crippen MR) is 137 cm³/mol. The van der Waals surface area contributed by atoms with Gasteiger partial charge in [0.25, 0.3) is 0 Å². The fourth-order valence-corrected chi connectivity index (χ4v) is 4.86. The first-order chi connectivity index (χ1) is 17.4. The van der Waals surface area contributed by atoms with Crippen LogP contribution in [0.15, 0.2) is 54.6 Å². The van der Waals surface area contributed by atoms with Crippen molar-refractivity contribution in [2.24, 2.45) is 0 Å². The topological polar surface area (TPSA) is 86.8 Å². The molecule has 2 aromatic carbocycles. The standard InChI is InChI=1S/C26H34F3N3O4S/c1-4-16-30-25(34)23(5-2)31(19-20-11-7-6-8-12-20)24(33)15-10-17-32(37(3,35)36)22-14-9-13-21(18-22)26(27,28)29/h6-9,11-14,18,23H,4-5,10,15-17,19H2,1-3H3,(H,30,34)/t23-/m1/s1. The molecule has 0 aliphatic carbocycles. The van der Waals surface area contributed by atoms with Crippen molar-refractivity contribution in [3.05, 3.63) is 65.7 Å². The highest BCUT2D eigenvalue weighted by Gasteiger charge is 2.32. The molecule has 0 unspecified atom stereocenters. The van der Waals surface area contributed by atoms with Crippen molar-refractivity contribution < 1.29 is 31.2 Å². The summed E-state index contributed by atoms with van der Waals surface area (Å²) in [5.41, 5.74) is -0.261. The number of anilines is 1. The van der Waals surface area contributed by atoms with Gasteiger partial charge in [-0.15, -0.1) is 0 Å². The van der Waals surface area contributed by atoms with Crippen LogP contribution < -0.4 is 9.62 Å². The van der Waals surface area contributed by atoms with Crippen LogP contribution in [0, 0.1) is 0 Å². The number of rotatable bonds is 13. The molecule has 0 fully saturated rings. The summed E-state index contributed by atoms with van der Waals surface area (Å²) in [6.45, 7) is 4.21. The lowest BCUT2D eigenvalue weighted by molar-refractivity contribution is -0.141. The molecule has 2 amide bonds. The number of halogens is 3. The summed E-state index contributed by atoms with van der Waals surface area (Å²) in [6, 6.07) is 12.5. The number of alkyl halides is 3. The molecular weight excluding hydrogens is 507 g/mol. The minimum absolute atomic E-state index is 0.0560. The molecule has 1 N–H and O–H groups in total. The zero-order valence-corrected chi connectivity index (χ0v) is 22.1. The van der Waals surface area contributed by atoms with Gasteiger partial charge in [-0.2, -0.15) is 13.2 Å². The molecule has 0 heterocycles. The first kappa shape index (κ1) is 30.1. The van der Waals surface area contributed by atoms with Gasteiger partial charge >= 0.3 is 6.18 Å². The van der Waals surface area contributed by atoms with Gasteiger partial charge in [0, 0.05) is 26.1 Å². The minimum atomic E-state index is -4.62. The molecule has 0 saturated carbocycles. The Hall–Kier alpha value is -3.08. The highest BCUT2D eigenvalue weighted by molar-refractivity contribution is 7.92. The summed E-state index contributed by atoms with van der Waals surface area (Å²) in [7, 11) is -3.91. The molecule has 0 saturated heterocycles. The number of carbonyl (C=O) groups is 2. The maximum Gasteiger partial charge on any atom is 0.416 e. The second-order valence-corrected chi connectivity index (χ2v) is 10.6. The van der Waals surface area contributed by atoms with Crippen LogP contribution in [0.4, 0.5) is 18.9 Å². The Morgan fingerprint density at radius 2 is 1.70 bits per heavy atom. The van der Waals surface area contributed by atoms with Gasteiger partial charge in [0.15, 0.2) is 0 Å². The second kappa shape index (κ2) is 13.5. The molecule has 1 atom stereocenters. The third kappa shape index (κ3) is 9.07. The maximum atomic E-state index is 13.3. The molecule has 204 valence electrons. The molecule has 0 spiro atoms. The van der Waals surface area contributed by atoms with Gasteiger partial charge in [0.05, 0.1) is 17.5 Å². The lowest BCUT2D eigenvalue weighted by atomic mass is 10.1. The summed E-state index contributed by atoms with van der Waals surface area (Å²) in [6.07, 6.45) is -2.63. The van der Waals surface area contributed by atoms with Crippen molar-refractivity contribution >= 4 is 27.5 Å². The average molecular weight is 542 g/mol. The third-order valence-electron chi connectivity index (χ3n) is 5.74. The summed E-state index contributed by atoms with van der Waals surface area (Å²) in [5, 5.41) is 2.83. The molecule has 0 bridgehead atoms. The number of carbonyl (C=O) groups excluding carboxylic acids is 2. The Kier molecular flexibility index (Phi) is 11.0. The van der Waals surface area contributed by atoms with E-state index in [1.54, 1.807) is 6.92 Å². The van der Waals surface area contributed by atoms with Crippen LogP contribution in [0.25, 0.3) is 0 Å². The van der Waals surface area contributed by atoms with Crippen molar-refractivity contribution in [3.63, 3.8) is 0 Å². The molecule has 0 aromatic heterocycles. The van der Waals surface area contributed by atoms with E-state index < -0.39 is 27.8 Å². The molecule has 2 rings (SSSR count). The number of hydrogen-bond donors (Lipinski definition) is 1. The van der Waals surface area contributed by atoms with Crippen molar-refractivity contribution in [1.82, 2.24) is 10.2 Å². The summed E-state index contributed by atoms with van der Waals surface area (Å²) in [4.78, 5) is 27.6. The van der Waals surface area contributed by atoms with Gasteiger partial charge in [-0.05, 0) is 43.0 Å². The summed E-state index contributed by atoms with van der Waals surface area (Å²) < 4.78 is 65.1. The Bertz CT molecular complexity index is 1140. The van der Waals surface area contributed by atoms with E-state index in [0.717, 1.165) is 40.7 Å². The van der Waals surface area contributed by atoms with E-state index in [1.807, 2.05) is 37.3 Å². The van der Waals surface area contributed by atoms with E-state index in [4.69, 9.17) is 0 Å². The van der Waals surface area contributed by atoms with E-state index in [2.05, 4.69) is 5.32 Å². The highest BCUT2D eigenvalue weighted by Crippen LogP contribution is 2.32. The van der Waals surface area contributed by atoms with Crippen molar-refractivity contribution in [3.8, 4) is 0 Å². The number of benzene rings is 2. The van der Waals surface area contributed by atoms with Crippen LogP contribution in [0.3, 0.4) is 0 Å². The fourth-order valence-electron chi connectivity index (χ4n) is 3.91. The van der Waals surface area contributed by atoms with Gasteiger partial charge in [0.1, 0.15) is 6.04 Å². The monoisotopic (exact) mass is 541 g/mol. The largest absolute Gasteiger partial charge is 0.416 e. The van der Waals surface area contributed by atoms with Crippen LogP contribution in [-0.2, 0) is 32.3 Å². The number of nitrogens with one attached hydrogen (secondary N) is 1. The lowest BCUT2D eigenvalue weighted by Gasteiger charge is -2.31. The molecule has 0 radical (unpaired) electrons. The fraction of sp³-hybridized carbons (Fsp3) is 0.462. The SMILES string of the molecule is CCCNC(=O)[C@@H](CC)N(Cc1ccccc1)C(=O)CCCN(c1cccc(C(F)(F)F)c1)S(C)(=O)=O. The lowest BCUT2D eigenvalue weighted by Crippen LogP contribution is -2.49. The van der Waals surface area contributed by atoms with Crippen molar-refractivity contribution in [2.45, 2.75) is 58.3 Å². The first-order valence-corrected chi connectivity index (χ1v) is 14.0. The third-order valence-corrected chi connectivity index (χ3v) is 6.94. The van der Waals surface area contributed by atoms with Crippen LogP contribution in [0.1, 0.15) is 50.7 Å². The minimum Gasteiger partial charge on any atom is -0.354 e. The van der Waals surface area contributed by atoms with E-state index in [0.29, 0.717) is 13.0 Å². The smallest absolute Gasteiger partial charge is 0.354 e. The van der Waals surface area contributed by atoms with Crippen LogP contribution in [-0.4, -0.2) is 50.5 Å². The first-order valence-electron chi connectivity index (χ1n) is 12.1. The summed E-state index contributed by atoms with van der Waals surface area (Å²) in [5.74, 6) is -0.616. The number of sulfonamides is 1. The van der Waals surface area contributed by atoms with Gasteiger partial charge in [-0.3, -0.25) is 13.9 Å². The van der Waals surface area contributed by atoms with E-state index in [9.17, 15) is 31.2 Å². The molecule has 0 aliphatic rings. The predicted octanol–water partition coefficient (Wildman–Crippen LogP) is 4.59. The van der Waals surface area contributed by atoms with Crippen LogP contribution in [0.2, 0.25) is 0 Å². The molecule has 2 aromatic rings. The number of hydrogen-bond acceptors (Lipinski definition) is 4. The molecular formula is C26H34F3N3O4S. The molecule has 7 nitrogen and oxygen atoms in total. The van der Waals surface area contributed by atoms with Gasteiger partial charge < -0.3 is 10.2 Å². The van der Waals surface area contributed by atoms with Crippen LogP contribution >= 0.6 is 0 Å². The average Bonchev–Trinajstić information content (AvgIpc) is 2.84. The van der Waals surface area contributed by atoms with Gasteiger partial charge in [-0.25, -0.2) is 8.42 Å². The second-order valence-electron chi connectivity index (χ2n) is 8.71.